The molecule has 30 heavy (non-hydrogen) atoms. The van der Waals surface area contributed by atoms with Crippen LogP contribution in [-0.4, -0.2) is 50.5 Å². The molecule has 0 unspecified atom stereocenters. The van der Waals surface area contributed by atoms with Gasteiger partial charge in [0.1, 0.15) is 0 Å². The third-order valence-corrected chi connectivity index (χ3v) is 7.49. The van der Waals surface area contributed by atoms with Crippen molar-refractivity contribution in [1.29, 1.82) is 0 Å². The minimum Gasteiger partial charge on any atom is -0.342 e. The van der Waals surface area contributed by atoms with Crippen molar-refractivity contribution < 1.29 is 18.0 Å². The van der Waals surface area contributed by atoms with E-state index in [1.807, 2.05) is 30.3 Å². The van der Waals surface area contributed by atoms with Crippen molar-refractivity contribution in [1.82, 2.24) is 4.90 Å². The van der Waals surface area contributed by atoms with Crippen LogP contribution in [0.1, 0.15) is 18.4 Å². The summed E-state index contributed by atoms with van der Waals surface area (Å²) in [6, 6.07) is 16.8. The first-order chi connectivity index (χ1) is 14.4. The maximum atomic E-state index is 12.6. The van der Waals surface area contributed by atoms with Gasteiger partial charge in [0.25, 0.3) is 0 Å². The van der Waals surface area contributed by atoms with Gasteiger partial charge in [0.2, 0.25) is 21.8 Å². The number of benzene rings is 2. The molecule has 2 aromatic carbocycles. The van der Waals surface area contributed by atoms with Gasteiger partial charge in [0, 0.05) is 31.7 Å². The van der Waals surface area contributed by atoms with Crippen LogP contribution in [0.5, 0.6) is 0 Å². The van der Waals surface area contributed by atoms with Gasteiger partial charge in [-0.3, -0.25) is 13.9 Å². The molecular formula is C22H25N3O4S. The molecule has 2 aromatic rings. The lowest BCUT2D eigenvalue weighted by atomic mass is 10.1. The highest BCUT2D eigenvalue weighted by Gasteiger charge is 2.34. The number of sulfonamides is 1. The summed E-state index contributed by atoms with van der Waals surface area (Å²) in [5, 5.41) is 2.85. The molecule has 7 nitrogen and oxygen atoms in total. The van der Waals surface area contributed by atoms with Crippen molar-refractivity contribution in [3.8, 4) is 0 Å². The Balaban J connectivity index is 1.32. The zero-order valence-electron chi connectivity index (χ0n) is 16.7. The summed E-state index contributed by atoms with van der Waals surface area (Å²) in [5.74, 6) is -0.401. The predicted octanol–water partition coefficient (Wildman–Crippen LogP) is 2.26. The number of rotatable bonds is 6. The molecule has 0 saturated carbocycles. The zero-order chi connectivity index (χ0) is 21.1. The molecule has 8 heteroatoms. The minimum absolute atomic E-state index is 0.000620. The Hall–Kier alpha value is -2.87. The fraction of sp³-hybridized carbons (Fsp3) is 0.364. The van der Waals surface area contributed by atoms with E-state index in [9.17, 15) is 18.0 Å². The number of carbonyl (C=O) groups is 2. The summed E-state index contributed by atoms with van der Waals surface area (Å²) in [6.07, 6.45) is 1.60. The van der Waals surface area contributed by atoms with Crippen LogP contribution in [0.2, 0.25) is 0 Å². The van der Waals surface area contributed by atoms with E-state index in [2.05, 4.69) is 5.32 Å². The van der Waals surface area contributed by atoms with Gasteiger partial charge in [0.05, 0.1) is 17.4 Å². The van der Waals surface area contributed by atoms with Crippen LogP contribution in [0.15, 0.2) is 54.6 Å². The van der Waals surface area contributed by atoms with Crippen LogP contribution in [-0.2, 0) is 26.0 Å². The largest absolute Gasteiger partial charge is 0.342 e. The minimum atomic E-state index is -3.22. The molecule has 0 bridgehead atoms. The Morgan fingerprint density at radius 3 is 2.47 bits per heavy atom. The molecule has 2 amide bonds. The predicted molar refractivity (Wildman–Crippen MR) is 116 cm³/mol. The van der Waals surface area contributed by atoms with Crippen molar-refractivity contribution in [3.05, 3.63) is 60.2 Å². The Morgan fingerprint density at radius 1 is 1.07 bits per heavy atom. The quantitative estimate of drug-likeness (QED) is 0.766. The number of nitrogens with zero attached hydrogens (tertiary/aromatic N) is 2. The number of anilines is 2. The van der Waals surface area contributed by atoms with Crippen LogP contribution in [0, 0.1) is 5.92 Å². The molecule has 0 radical (unpaired) electrons. The van der Waals surface area contributed by atoms with Crippen molar-refractivity contribution >= 4 is 33.2 Å². The van der Waals surface area contributed by atoms with Gasteiger partial charge in [-0.05, 0) is 42.7 Å². The summed E-state index contributed by atoms with van der Waals surface area (Å²) in [4.78, 5) is 26.7. The number of nitrogens with one attached hydrogen (secondary N) is 1. The second-order valence-electron chi connectivity index (χ2n) is 7.75. The van der Waals surface area contributed by atoms with Crippen LogP contribution in [0.4, 0.5) is 11.4 Å². The Bertz CT molecular complexity index is 1020. The van der Waals surface area contributed by atoms with Crippen LogP contribution in [0.25, 0.3) is 0 Å². The highest BCUT2D eigenvalue weighted by molar-refractivity contribution is 7.93. The van der Waals surface area contributed by atoms with Gasteiger partial charge in [-0.1, -0.05) is 30.3 Å². The summed E-state index contributed by atoms with van der Waals surface area (Å²) in [7, 11) is -3.22. The van der Waals surface area contributed by atoms with Gasteiger partial charge >= 0.3 is 0 Å². The normalized spacial score (nSPS) is 20.5. The van der Waals surface area contributed by atoms with Crippen molar-refractivity contribution in [2.45, 2.75) is 19.3 Å². The summed E-state index contributed by atoms with van der Waals surface area (Å²) in [5.41, 5.74) is 2.36. The van der Waals surface area contributed by atoms with Gasteiger partial charge in [-0.15, -0.1) is 0 Å². The molecule has 2 aliphatic rings. The van der Waals surface area contributed by atoms with E-state index >= 15 is 0 Å². The van der Waals surface area contributed by atoms with Gasteiger partial charge in [0.15, 0.2) is 0 Å². The third kappa shape index (κ3) is 4.48. The van der Waals surface area contributed by atoms with Crippen molar-refractivity contribution in [2.75, 3.05) is 35.0 Å². The number of amides is 2. The Labute approximate surface area is 176 Å². The molecule has 158 valence electrons. The first kappa shape index (κ1) is 20.4. The maximum absolute atomic E-state index is 12.6. The number of hydrogen-bond acceptors (Lipinski definition) is 4. The van der Waals surface area contributed by atoms with Gasteiger partial charge < -0.3 is 10.2 Å². The van der Waals surface area contributed by atoms with Crippen LogP contribution < -0.4 is 9.62 Å². The SMILES string of the molecule is O=C(Nc1ccc(N2CCCS2(=O)=O)cc1)[C@@H]1CC(=O)N(CCc2ccccc2)C1. The Morgan fingerprint density at radius 2 is 1.80 bits per heavy atom. The Kier molecular flexibility index (Phi) is 5.76. The summed E-state index contributed by atoms with van der Waals surface area (Å²) < 4.78 is 25.4. The zero-order valence-corrected chi connectivity index (χ0v) is 17.5. The van der Waals surface area contributed by atoms with Crippen molar-refractivity contribution in [3.63, 3.8) is 0 Å². The number of carbonyl (C=O) groups excluding carboxylic acids is 2. The van der Waals surface area contributed by atoms with Crippen LogP contribution in [0.3, 0.4) is 0 Å². The lowest BCUT2D eigenvalue weighted by Crippen LogP contribution is -2.30. The lowest BCUT2D eigenvalue weighted by molar-refractivity contribution is -0.128. The average Bonchev–Trinajstić information content (AvgIpc) is 3.29. The first-order valence-electron chi connectivity index (χ1n) is 10.2. The topological polar surface area (TPSA) is 86.8 Å². The fourth-order valence-corrected chi connectivity index (χ4v) is 5.52. The van der Waals surface area contributed by atoms with E-state index < -0.39 is 10.0 Å². The molecule has 0 aliphatic carbocycles. The summed E-state index contributed by atoms with van der Waals surface area (Å²) >= 11 is 0. The van der Waals surface area contributed by atoms with Crippen molar-refractivity contribution in [2.24, 2.45) is 5.92 Å². The van der Waals surface area contributed by atoms with Gasteiger partial charge in [-0.2, -0.15) is 0 Å². The van der Waals surface area contributed by atoms with Crippen LogP contribution >= 0.6 is 0 Å². The third-order valence-electron chi connectivity index (χ3n) is 5.62. The smallest absolute Gasteiger partial charge is 0.235 e. The highest BCUT2D eigenvalue weighted by Crippen LogP contribution is 2.26. The molecule has 0 aromatic heterocycles. The lowest BCUT2D eigenvalue weighted by Gasteiger charge is -2.18. The molecule has 0 spiro atoms. The van der Waals surface area contributed by atoms with E-state index in [-0.39, 0.29) is 29.9 Å². The van der Waals surface area contributed by atoms with E-state index in [4.69, 9.17) is 0 Å². The second-order valence-corrected chi connectivity index (χ2v) is 9.77. The first-order valence-corrected chi connectivity index (χ1v) is 11.8. The molecule has 1 atom stereocenters. The molecule has 2 fully saturated rings. The highest BCUT2D eigenvalue weighted by atomic mass is 32.2. The molecule has 2 saturated heterocycles. The maximum Gasteiger partial charge on any atom is 0.235 e. The summed E-state index contributed by atoms with van der Waals surface area (Å²) in [6.45, 7) is 1.50. The van der Waals surface area contributed by atoms with E-state index in [0.717, 1.165) is 6.42 Å². The number of hydrogen-bond donors (Lipinski definition) is 1. The molecule has 2 aliphatic heterocycles. The molecule has 1 N–H and O–H groups in total. The van der Waals surface area contributed by atoms with Gasteiger partial charge in [-0.25, -0.2) is 8.42 Å². The monoisotopic (exact) mass is 427 g/mol. The average molecular weight is 428 g/mol. The van der Waals surface area contributed by atoms with E-state index in [1.165, 1.54) is 9.87 Å². The second kappa shape index (κ2) is 8.47. The fourth-order valence-electron chi connectivity index (χ4n) is 3.96. The standard InChI is InChI=1S/C22H25N3O4S/c26-21-15-18(16-24(21)13-11-17-5-2-1-3-6-17)22(27)23-19-7-9-20(10-8-19)25-12-4-14-30(25,28)29/h1-3,5-10,18H,4,11-16H2,(H,23,27)/t18-/m1/s1. The molecule has 4 rings (SSSR count). The van der Waals surface area contributed by atoms with E-state index in [1.54, 1.807) is 29.2 Å². The number of likely N-dealkylation sites (tertiary alicyclic amines) is 1. The molecule has 2 heterocycles. The van der Waals surface area contributed by atoms with E-state index in [0.29, 0.717) is 37.4 Å². The molecular weight excluding hydrogens is 402 g/mol.